The molecule has 20 nitrogen and oxygen atoms in total. The second-order valence-electron chi connectivity index (χ2n) is 21.3. The van der Waals surface area contributed by atoms with Crippen molar-refractivity contribution in [2.75, 3.05) is 45.8 Å². The standard InChI is InChI=1S/C57H61ClFN13O7S/c1-31-32(2)80-57-51(31)53(35-10-12-38(58)13-11-35)63-42(55-65-64-33(3)72(55)57)26-49(76)70-18-6-9-44(70)56(79)69-19-14-34(15-20-69)23-48(75)68-21-16-36(17-22-68)54-52-39(40-25-45-37(24-41(40)59)27-62-67(45)4)7-5-8-43(52)71(66-54)30-47(74)60-28-46(73)61-29-50(77)78/h5,7-8,10-13,24-25,27,34,36,42,44H,6,9,14-23,26,28-30H2,1-4H3,(H,60,74)(H,61,73)(H,77,78)/t42-,44-/m0/s1. The topological polar surface area (TPSA) is 235 Å². The fraction of sp³-hybridized carbons (Fsp3) is 0.421. The van der Waals surface area contributed by atoms with E-state index in [9.17, 15) is 28.8 Å². The fourth-order valence-electron chi connectivity index (χ4n) is 12.0. The number of rotatable bonds is 14. The normalized spacial score (nSPS) is 17.8. The molecule has 0 spiro atoms. The summed E-state index contributed by atoms with van der Waals surface area (Å²) in [5.74, 6) is -1.83. The SMILES string of the molecule is Cc1sc2c(c1C)C(c1ccc(Cl)cc1)=N[C@@H](CC(=O)N1CCC[C@H]1C(=O)N1CCC(CC(=O)N3CCC(c4nn(CC(=O)NCC(=O)NCC(=O)O)c5cccc(-c6cc7c(cnn7C)cc6F)c45)CC3)CC1)c1nnc(C)n1-2. The molecule has 5 amide bonds. The number of aliphatic imine (C=N–C) groups is 1. The van der Waals surface area contributed by atoms with Gasteiger partial charge in [0.1, 0.15) is 41.8 Å². The second kappa shape index (κ2) is 22.4. The smallest absolute Gasteiger partial charge is 0.322 e. The minimum atomic E-state index is -1.21. The molecule has 4 aliphatic rings. The van der Waals surface area contributed by atoms with Gasteiger partial charge in [0, 0.05) is 89.5 Å². The van der Waals surface area contributed by atoms with Crippen LogP contribution in [0, 0.1) is 32.5 Å². The summed E-state index contributed by atoms with van der Waals surface area (Å²) in [6.07, 6.45) is 5.69. The third-order valence-corrected chi connectivity index (χ3v) is 17.8. The van der Waals surface area contributed by atoms with Crippen molar-refractivity contribution < 1.29 is 38.3 Å². The van der Waals surface area contributed by atoms with E-state index in [0.717, 1.165) is 37.8 Å². The number of carbonyl (C=O) groups excluding carboxylic acids is 5. The quantitative estimate of drug-likeness (QED) is 0.105. The molecule has 3 N–H and O–H groups in total. The lowest BCUT2D eigenvalue weighted by atomic mass is 9.88. The van der Waals surface area contributed by atoms with E-state index in [1.807, 2.05) is 57.7 Å². The van der Waals surface area contributed by atoms with Gasteiger partial charge < -0.3 is 30.4 Å². The van der Waals surface area contributed by atoms with Crippen molar-refractivity contribution in [3.05, 3.63) is 111 Å². The summed E-state index contributed by atoms with van der Waals surface area (Å²) in [7, 11) is 1.79. The van der Waals surface area contributed by atoms with Crippen LogP contribution in [0.15, 0.2) is 65.8 Å². The minimum absolute atomic E-state index is 0.0125. The van der Waals surface area contributed by atoms with E-state index in [0.29, 0.717) is 127 Å². The largest absolute Gasteiger partial charge is 0.480 e. The number of amides is 5. The van der Waals surface area contributed by atoms with E-state index in [4.69, 9.17) is 26.8 Å². The summed E-state index contributed by atoms with van der Waals surface area (Å²) < 4.78 is 21.3. The van der Waals surface area contributed by atoms with Gasteiger partial charge in [-0.05, 0) is 107 Å². The molecule has 3 saturated heterocycles. The van der Waals surface area contributed by atoms with Crippen molar-refractivity contribution in [1.82, 2.24) is 59.7 Å². The highest BCUT2D eigenvalue weighted by Gasteiger charge is 2.41. The number of aliphatic carboxylic acids is 1. The Balaban J connectivity index is 0.732. The summed E-state index contributed by atoms with van der Waals surface area (Å²) >= 11 is 7.96. The molecule has 3 aromatic carbocycles. The van der Waals surface area contributed by atoms with Crippen LogP contribution in [-0.2, 0) is 42.4 Å². The highest BCUT2D eigenvalue weighted by Crippen LogP contribution is 2.42. The molecule has 80 heavy (non-hydrogen) atoms. The van der Waals surface area contributed by atoms with E-state index < -0.39 is 48.8 Å². The van der Waals surface area contributed by atoms with Crippen LogP contribution in [0.2, 0.25) is 5.02 Å². The number of hydrogen-bond donors (Lipinski definition) is 3. The van der Waals surface area contributed by atoms with Gasteiger partial charge >= 0.3 is 5.97 Å². The van der Waals surface area contributed by atoms with Gasteiger partial charge in [0.15, 0.2) is 5.82 Å². The van der Waals surface area contributed by atoms with Crippen LogP contribution < -0.4 is 10.6 Å². The summed E-state index contributed by atoms with van der Waals surface area (Å²) in [5, 5.41) is 34.9. The molecule has 3 fully saturated rings. The monoisotopic (exact) mass is 1130 g/mol. The molecule has 0 radical (unpaired) electrons. The number of piperidine rings is 2. The number of likely N-dealkylation sites (tertiary alicyclic amines) is 3. The molecule has 8 heterocycles. The van der Waals surface area contributed by atoms with Crippen LogP contribution in [-0.4, -0.2) is 147 Å². The number of nitrogens with one attached hydrogen (secondary N) is 2. The van der Waals surface area contributed by atoms with E-state index in [2.05, 4.69) is 39.8 Å². The van der Waals surface area contributed by atoms with Crippen LogP contribution >= 0.6 is 22.9 Å². The number of nitrogens with zero attached hydrogens (tertiary/aromatic N) is 11. The number of halogens is 2. The number of benzene rings is 3. The van der Waals surface area contributed by atoms with E-state index in [1.165, 1.54) is 10.7 Å². The number of aromatic nitrogens is 7. The maximum Gasteiger partial charge on any atom is 0.322 e. The molecular formula is C57H61ClFN13O7S. The van der Waals surface area contributed by atoms with Crippen molar-refractivity contribution in [2.45, 2.75) is 96.7 Å². The first-order chi connectivity index (χ1) is 38.5. The van der Waals surface area contributed by atoms with Gasteiger partial charge in [-0.3, -0.25) is 47.7 Å². The molecular weight excluding hydrogens is 1070 g/mol. The van der Waals surface area contributed by atoms with Gasteiger partial charge in [0.2, 0.25) is 29.5 Å². The summed E-state index contributed by atoms with van der Waals surface area (Å²) in [5.41, 5.74) is 6.62. The lowest BCUT2D eigenvalue weighted by Crippen LogP contribution is -2.50. The van der Waals surface area contributed by atoms with Gasteiger partial charge in [-0.2, -0.15) is 10.2 Å². The van der Waals surface area contributed by atoms with Gasteiger partial charge in [0.05, 0.1) is 41.6 Å². The van der Waals surface area contributed by atoms with Crippen molar-refractivity contribution in [3.8, 4) is 16.1 Å². The number of hydrogen-bond acceptors (Lipinski definition) is 12. The first-order valence-corrected chi connectivity index (χ1v) is 28.3. The Morgan fingerprint density at radius 1 is 0.812 bits per heavy atom. The lowest BCUT2D eigenvalue weighted by molar-refractivity contribution is -0.145. The molecule has 0 saturated carbocycles. The van der Waals surface area contributed by atoms with Crippen LogP contribution in [0.4, 0.5) is 4.39 Å². The van der Waals surface area contributed by atoms with Crippen molar-refractivity contribution >= 4 is 86.0 Å². The molecule has 0 bridgehead atoms. The minimum Gasteiger partial charge on any atom is -0.480 e. The molecule has 7 aromatic rings. The fourth-order valence-corrected chi connectivity index (χ4v) is 13.3. The zero-order valence-electron chi connectivity index (χ0n) is 44.9. The number of thiophene rings is 1. The zero-order chi connectivity index (χ0) is 56.1. The number of carboxylic acids is 1. The third kappa shape index (κ3) is 10.6. The molecule has 23 heteroatoms. The van der Waals surface area contributed by atoms with E-state index >= 15 is 4.39 Å². The summed E-state index contributed by atoms with van der Waals surface area (Å²) in [6, 6.07) is 14.9. The lowest BCUT2D eigenvalue weighted by Gasteiger charge is -2.37. The number of carbonyl (C=O) groups is 6. The Hall–Kier alpha value is -7.85. The first-order valence-electron chi connectivity index (χ1n) is 27.1. The van der Waals surface area contributed by atoms with E-state index in [1.54, 1.807) is 46.3 Å². The average Bonchev–Trinajstić information content (AvgIpc) is 4.37. The summed E-state index contributed by atoms with van der Waals surface area (Å²) in [6.45, 7) is 7.16. The summed E-state index contributed by atoms with van der Waals surface area (Å²) in [4.78, 5) is 91.1. The highest BCUT2D eigenvalue weighted by atomic mass is 35.5. The van der Waals surface area contributed by atoms with Crippen LogP contribution in [0.25, 0.3) is 37.9 Å². The molecule has 4 aliphatic heterocycles. The Morgan fingerprint density at radius 2 is 1.55 bits per heavy atom. The van der Waals surface area contributed by atoms with Crippen molar-refractivity contribution in [1.29, 1.82) is 0 Å². The van der Waals surface area contributed by atoms with Crippen molar-refractivity contribution in [2.24, 2.45) is 18.0 Å². The number of aryl methyl sites for hydroxylation is 3. The first kappa shape index (κ1) is 54.1. The van der Waals surface area contributed by atoms with Crippen LogP contribution in [0.3, 0.4) is 0 Å². The second-order valence-corrected chi connectivity index (χ2v) is 23.0. The molecule has 416 valence electrons. The molecule has 2 atom stereocenters. The zero-order valence-corrected chi connectivity index (χ0v) is 46.4. The molecule has 4 aromatic heterocycles. The van der Waals surface area contributed by atoms with Gasteiger partial charge in [-0.15, -0.1) is 21.5 Å². The predicted octanol–water partition coefficient (Wildman–Crippen LogP) is 6.58. The predicted molar refractivity (Wildman–Crippen MR) is 298 cm³/mol. The Morgan fingerprint density at radius 3 is 2.30 bits per heavy atom. The van der Waals surface area contributed by atoms with E-state index in [-0.39, 0.29) is 42.5 Å². The maximum atomic E-state index is 16.1. The Bertz CT molecular complexity index is 3650. The Labute approximate surface area is 469 Å². The number of fused-ring (bicyclic) bond motifs is 5. The highest BCUT2D eigenvalue weighted by molar-refractivity contribution is 7.15. The molecule has 11 rings (SSSR count). The molecule has 0 aliphatic carbocycles. The van der Waals surface area contributed by atoms with Crippen LogP contribution in [0.5, 0.6) is 0 Å². The van der Waals surface area contributed by atoms with Gasteiger partial charge in [-0.1, -0.05) is 35.9 Å². The van der Waals surface area contributed by atoms with Crippen molar-refractivity contribution in [3.63, 3.8) is 0 Å². The average molecular weight is 1130 g/mol. The van der Waals surface area contributed by atoms with Gasteiger partial charge in [-0.25, -0.2) is 4.39 Å². The molecule has 0 unspecified atom stereocenters. The van der Waals surface area contributed by atoms with Gasteiger partial charge in [0.25, 0.3) is 0 Å². The maximum absolute atomic E-state index is 16.1. The Kier molecular flexibility index (Phi) is 15.1. The van der Waals surface area contributed by atoms with Crippen LogP contribution in [0.1, 0.15) is 102 Å². The number of carboxylic acid groups (broad SMARTS) is 1. The third-order valence-electron chi connectivity index (χ3n) is 16.3.